The van der Waals surface area contributed by atoms with Crippen LogP contribution in [0.1, 0.15) is 45.2 Å². The number of anilines is 2. The zero-order valence-corrected chi connectivity index (χ0v) is 19.1. The van der Waals surface area contributed by atoms with E-state index in [4.69, 9.17) is 25.8 Å². The van der Waals surface area contributed by atoms with Gasteiger partial charge in [0, 0.05) is 24.8 Å². The molecule has 1 spiro atoms. The number of halogens is 1. The van der Waals surface area contributed by atoms with Crippen molar-refractivity contribution < 1.29 is 23.8 Å². The second-order valence-corrected chi connectivity index (χ2v) is 9.45. The Labute approximate surface area is 190 Å². The number of aromatic nitrogens is 1. The number of nitrogens with one attached hydrogen (secondary N) is 1. The molecule has 9 heteroatoms. The minimum atomic E-state index is -1.30. The number of rotatable bonds is 8. The van der Waals surface area contributed by atoms with Gasteiger partial charge in [0.2, 0.25) is 0 Å². The summed E-state index contributed by atoms with van der Waals surface area (Å²) in [5.41, 5.74) is -0.980. The Hall–Kier alpha value is -2.16. The van der Waals surface area contributed by atoms with Crippen LogP contribution in [-0.2, 0) is 29.4 Å². The minimum absolute atomic E-state index is 0.193. The number of carbonyl (C=O) groups is 2. The Kier molecular flexibility index (Phi) is 6.23. The molecule has 0 bridgehead atoms. The predicted molar refractivity (Wildman–Crippen MR) is 118 cm³/mol. The van der Waals surface area contributed by atoms with Gasteiger partial charge in [-0.2, -0.15) is 0 Å². The second kappa shape index (κ2) is 8.76. The molecule has 3 atom stereocenters. The molecule has 1 aromatic heterocycles. The Balaban J connectivity index is 1.46. The number of nitrogens with zero attached hydrogens (tertiary/aromatic N) is 1. The third-order valence-electron chi connectivity index (χ3n) is 5.70. The van der Waals surface area contributed by atoms with E-state index < -0.39 is 29.1 Å². The number of ether oxygens (including phenoxy) is 3. The number of esters is 2. The molecule has 2 aromatic rings. The lowest BCUT2D eigenvalue weighted by Gasteiger charge is -2.20. The van der Waals surface area contributed by atoms with Gasteiger partial charge in [0.15, 0.2) is 16.1 Å². The van der Waals surface area contributed by atoms with Crippen molar-refractivity contribution >= 4 is 45.7 Å². The number of hydrogen-bond acceptors (Lipinski definition) is 8. The van der Waals surface area contributed by atoms with Gasteiger partial charge in [-0.05, 0) is 25.5 Å². The summed E-state index contributed by atoms with van der Waals surface area (Å²) < 4.78 is 16.8. The number of unbranched alkanes of at least 4 members (excludes halogenated alkanes) is 1. The van der Waals surface area contributed by atoms with Crippen LogP contribution in [0.3, 0.4) is 0 Å². The summed E-state index contributed by atoms with van der Waals surface area (Å²) in [6.45, 7) is 4.77. The molecule has 0 radical (unpaired) electrons. The standard InChI is InChI=1S/C22H25ClN2O5S/c1-3-4-9-28-11-14-10-22(18(26)29-14)13-21(2,30-19(22)27)17-12-31-20(25-17)24-16-8-6-5-7-15(16)23/h5-8,12,14H,3-4,9-11,13H2,1-2H3,(H,24,25). The van der Waals surface area contributed by atoms with Crippen molar-refractivity contribution in [1.29, 1.82) is 0 Å². The zero-order valence-electron chi connectivity index (χ0n) is 17.5. The van der Waals surface area contributed by atoms with E-state index in [1.807, 2.05) is 23.6 Å². The topological polar surface area (TPSA) is 86.8 Å². The molecule has 3 unspecified atom stereocenters. The molecule has 0 aliphatic carbocycles. The zero-order chi connectivity index (χ0) is 22.1. The van der Waals surface area contributed by atoms with Crippen molar-refractivity contribution in [3.8, 4) is 0 Å². The first-order valence-corrected chi connectivity index (χ1v) is 11.6. The monoisotopic (exact) mass is 464 g/mol. The number of thiazole rings is 1. The van der Waals surface area contributed by atoms with E-state index in [1.54, 1.807) is 13.0 Å². The van der Waals surface area contributed by atoms with E-state index >= 15 is 0 Å². The fraction of sp³-hybridized carbons (Fsp3) is 0.500. The van der Waals surface area contributed by atoms with Crippen LogP contribution in [0.2, 0.25) is 5.02 Å². The van der Waals surface area contributed by atoms with Crippen LogP contribution in [0.25, 0.3) is 0 Å². The molecule has 166 valence electrons. The lowest BCUT2D eigenvalue weighted by molar-refractivity contribution is -0.160. The van der Waals surface area contributed by atoms with Gasteiger partial charge in [0.25, 0.3) is 0 Å². The lowest BCUT2D eigenvalue weighted by atomic mass is 9.78. The maximum absolute atomic E-state index is 12.8. The van der Waals surface area contributed by atoms with Crippen LogP contribution >= 0.6 is 22.9 Å². The summed E-state index contributed by atoms with van der Waals surface area (Å²) in [5, 5.41) is 6.22. The first-order valence-electron chi connectivity index (χ1n) is 10.4. The predicted octanol–water partition coefficient (Wildman–Crippen LogP) is 4.82. The highest BCUT2D eigenvalue weighted by atomic mass is 35.5. The van der Waals surface area contributed by atoms with E-state index in [2.05, 4.69) is 17.2 Å². The molecule has 4 rings (SSSR count). The Morgan fingerprint density at radius 2 is 2.13 bits per heavy atom. The fourth-order valence-corrected chi connectivity index (χ4v) is 5.05. The average Bonchev–Trinajstić information content (AvgIpc) is 3.39. The normalized spacial score (nSPS) is 27.5. The SMILES string of the molecule is CCCCOCC1CC2(CC(C)(c3csc(Nc4ccccc4Cl)n3)OC2=O)C(=O)O1. The molecule has 2 aliphatic heterocycles. The summed E-state index contributed by atoms with van der Waals surface area (Å²) in [4.78, 5) is 30.1. The molecule has 1 aromatic carbocycles. The molecule has 0 amide bonds. The van der Waals surface area contributed by atoms with Gasteiger partial charge in [-0.1, -0.05) is 37.1 Å². The number of benzene rings is 1. The van der Waals surface area contributed by atoms with Crippen molar-refractivity contribution in [2.75, 3.05) is 18.5 Å². The molecule has 7 nitrogen and oxygen atoms in total. The quantitative estimate of drug-likeness (QED) is 0.340. The van der Waals surface area contributed by atoms with Crippen molar-refractivity contribution in [1.82, 2.24) is 4.98 Å². The third-order valence-corrected chi connectivity index (χ3v) is 6.78. The van der Waals surface area contributed by atoms with Gasteiger partial charge in [0.05, 0.1) is 23.0 Å². The van der Waals surface area contributed by atoms with Gasteiger partial charge in [0.1, 0.15) is 6.10 Å². The maximum Gasteiger partial charge on any atom is 0.324 e. The van der Waals surface area contributed by atoms with E-state index in [0.29, 0.717) is 29.1 Å². The van der Waals surface area contributed by atoms with Gasteiger partial charge >= 0.3 is 11.9 Å². The summed E-state index contributed by atoms with van der Waals surface area (Å²) in [5.74, 6) is -1.08. The maximum atomic E-state index is 12.8. The summed E-state index contributed by atoms with van der Waals surface area (Å²) in [6, 6.07) is 7.37. The largest absolute Gasteiger partial charge is 0.459 e. The number of hydrogen-bond donors (Lipinski definition) is 1. The lowest BCUT2D eigenvalue weighted by Crippen LogP contribution is -2.32. The van der Waals surface area contributed by atoms with Crippen LogP contribution in [0, 0.1) is 5.41 Å². The van der Waals surface area contributed by atoms with Crippen molar-refractivity contribution in [3.05, 3.63) is 40.4 Å². The van der Waals surface area contributed by atoms with Crippen LogP contribution < -0.4 is 5.32 Å². The number of para-hydroxylation sites is 1. The number of carbonyl (C=O) groups excluding carboxylic acids is 2. The van der Waals surface area contributed by atoms with Gasteiger partial charge < -0.3 is 19.5 Å². The third kappa shape index (κ3) is 4.29. The highest BCUT2D eigenvalue weighted by Gasteiger charge is 2.65. The van der Waals surface area contributed by atoms with Crippen molar-refractivity contribution in [2.45, 2.75) is 51.2 Å². The summed E-state index contributed by atoms with van der Waals surface area (Å²) >= 11 is 7.58. The fourth-order valence-electron chi connectivity index (χ4n) is 4.02. The summed E-state index contributed by atoms with van der Waals surface area (Å²) in [6.07, 6.45) is 1.99. The van der Waals surface area contributed by atoms with E-state index in [1.165, 1.54) is 11.3 Å². The molecule has 2 fully saturated rings. The second-order valence-electron chi connectivity index (χ2n) is 8.18. The molecular formula is C22H25ClN2O5S. The molecule has 2 aliphatic rings. The highest BCUT2D eigenvalue weighted by Crippen LogP contribution is 2.52. The van der Waals surface area contributed by atoms with Gasteiger partial charge in [-0.3, -0.25) is 9.59 Å². The Bertz CT molecular complexity index is 982. The van der Waals surface area contributed by atoms with Gasteiger partial charge in [-0.15, -0.1) is 11.3 Å². The smallest absolute Gasteiger partial charge is 0.324 e. The molecule has 3 heterocycles. The van der Waals surface area contributed by atoms with Crippen molar-refractivity contribution in [3.63, 3.8) is 0 Å². The minimum Gasteiger partial charge on any atom is -0.459 e. The first kappa shape index (κ1) is 22.0. The number of cyclic esters (lactones) is 2. The Morgan fingerprint density at radius 3 is 2.90 bits per heavy atom. The average molecular weight is 465 g/mol. The molecule has 2 saturated heterocycles. The molecule has 1 N–H and O–H groups in total. The molecule has 31 heavy (non-hydrogen) atoms. The van der Waals surface area contributed by atoms with E-state index in [9.17, 15) is 9.59 Å². The highest BCUT2D eigenvalue weighted by molar-refractivity contribution is 7.13. The first-order chi connectivity index (χ1) is 14.9. The van der Waals surface area contributed by atoms with E-state index in [-0.39, 0.29) is 12.8 Å². The van der Waals surface area contributed by atoms with Gasteiger partial charge in [-0.25, -0.2) is 4.98 Å². The van der Waals surface area contributed by atoms with Crippen LogP contribution in [0.4, 0.5) is 10.8 Å². The van der Waals surface area contributed by atoms with Crippen LogP contribution in [0.15, 0.2) is 29.6 Å². The molecular weight excluding hydrogens is 440 g/mol. The van der Waals surface area contributed by atoms with E-state index in [0.717, 1.165) is 18.5 Å². The Morgan fingerprint density at radius 1 is 1.32 bits per heavy atom. The van der Waals surface area contributed by atoms with Crippen molar-refractivity contribution in [2.24, 2.45) is 5.41 Å². The summed E-state index contributed by atoms with van der Waals surface area (Å²) in [7, 11) is 0. The van der Waals surface area contributed by atoms with Crippen LogP contribution in [-0.4, -0.2) is 36.2 Å². The van der Waals surface area contributed by atoms with Crippen LogP contribution in [0.5, 0.6) is 0 Å². The molecule has 0 saturated carbocycles.